The van der Waals surface area contributed by atoms with Gasteiger partial charge in [-0.25, -0.2) is 4.79 Å². The molecule has 25 heavy (non-hydrogen) atoms. The van der Waals surface area contributed by atoms with Gasteiger partial charge in [0.15, 0.2) is 11.5 Å². The predicted octanol–water partition coefficient (Wildman–Crippen LogP) is 2.42. The van der Waals surface area contributed by atoms with Crippen LogP contribution in [-0.4, -0.2) is 31.8 Å². The summed E-state index contributed by atoms with van der Waals surface area (Å²) >= 11 is 0. The first-order valence-corrected chi connectivity index (χ1v) is 7.55. The lowest BCUT2D eigenvalue weighted by Gasteiger charge is -2.17. The highest BCUT2D eigenvalue weighted by Gasteiger charge is 2.26. The van der Waals surface area contributed by atoms with Crippen LogP contribution < -0.4 is 15.0 Å². The van der Waals surface area contributed by atoms with Crippen LogP contribution in [0.25, 0.3) is 11.1 Å². The number of aryl methyl sites for hydroxylation is 1. The van der Waals surface area contributed by atoms with Crippen LogP contribution in [0.5, 0.6) is 11.5 Å². The van der Waals surface area contributed by atoms with Crippen molar-refractivity contribution in [2.45, 2.75) is 13.8 Å². The first-order valence-electron chi connectivity index (χ1n) is 7.55. The zero-order chi connectivity index (χ0) is 18.6. The molecule has 2 aromatic rings. The zero-order valence-electron chi connectivity index (χ0n) is 14.4. The molecule has 0 amide bonds. The summed E-state index contributed by atoms with van der Waals surface area (Å²) in [6.45, 7) is 3.41. The summed E-state index contributed by atoms with van der Waals surface area (Å²) in [5.74, 6) is 0.0984. The minimum atomic E-state index is -0.632. The summed E-state index contributed by atoms with van der Waals surface area (Å²) in [4.78, 5) is 27.2. The fourth-order valence-electron chi connectivity index (χ4n) is 2.64. The molecular weight excluding hydrogens is 324 g/mol. The molecule has 0 saturated heterocycles. The van der Waals surface area contributed by atoms with Crippen LogP contribution >= 0.6 is 0 Å². The largest absolute Gasteiger partial charge is 0.493 e. The van der Waals surface area contributed by atoms with E-state index in [1.54, 1.807) is 32.0 Å². The molecule has 0 radical (unpaired) electrons. The van der Waals surface area contributed by atoms with Crippen molar-refractivity contribution >= 4 is 5.97 Å². The number of methoxy groups -OCH3 is 2. The maximum atomic E-state index is 12.5. The smallest absolute Gasteiger partial charge is 0.340 e. The highest BCUT2D eigenvalue weighted by molar-refractivity contribution is 6.01. The number of para-hydroxylation sites is 1. The molecule has 0 saturated carbocycles. The molecule has 2 rings (SSSR count). The number of aromatic nitrogens is 1. The Morgan fingerprint density at radius 1 is 1.28 bits per heavy atom. The minimum absolute atomic E-state index is 0.115. The van der Waals surface area contributed by atoms with Crippen LogP contribution in [0.3, 0.4) is 0 Å². The Morgan fingerprint density at radius 3 is 2.56 bits per heavy atom. The van der Waals surface area contributed by atoms with Gasteiger partial charge in [-0.1, -0.05) is 12.1 Å². The van der Waals surface area contributed by atoms with E-state index >= 15 is 0 Å². The third kappa shape index (κ3) is 3.19. The van der Waals surface area contributed by atoms with Crippen molar-refractivity contribution in [3.63, 3.8) is 0 Å². The molecule has 0 atom stereocenters. The first kappa shape index (κ1) is 18.1. The number of benzene rings is 1. The van der Waals surface area contributed by atoms with E-state index in [0.29, 0.717) is 22.8 Å². The van der Waals surface area contributed by atoms with Gasteiger partial charge in [-0.05, 0) is 19.9 Å². The molecule has 1 heterocycles. The van der Waals surface area contributed by atoms with Crippen molar-refractivity contribution < 1.29 is 19.0 Å². The molecule has 0 fully saturated rings. The Labute approximate surface area is 144 Å². The Kier molecular flexibility index (Phi) is 5.45. The standard InChI is InChI=1S/C18H18N2O5/c1-5-25-18(22)14-10(2)20-17(21)12(9-19)15(14)11-7-6-8-13(23-3)16(11)24-4/h6-8H,5H2,1-4H3,(H,20,21). The normalized spacial score (nSPS) is 10.0. The summed E-state index contributed by atoms with van der Waals surface area (Å²) in [7, 11) is 2.92. The second kappa shape index (κ2) is 7.53. The SMILES string of the molecule is CCOC(=O)c1c(C)[nH]c(=O)c(C#N)c1-c1cccc(OC)c1OC. The van der Waals surface area contributed by atoms with Gasteiger partial charge in [-0.2, -0.15) is 5.26 Å². The lowest BCUT2D eigenvalue weighted by molar-refractivity contribution is 0.0526. The predicted molar refractivity (Wildman–Crippen MR) is 91.0 cm³/mol. The molecule has 0 spiro atoms. The maximum absolute atomic E-state index is 12.5. The Bertz CT molecular complexity index is 909. The van der Waals surface area contributed by atoms with Gasteiger partial charge in [-0.15, -0.1) is 0 Å². The summed E-state index contributed by atoms with van der Waals surface area (Å²) < 4.78 is 15.8. The monoisotopic (exact) mass is 342 g/mol. The molecule has 0 aliphatic heterocycles. The van der Waals surface area contributed by atoms with Gasteiger partial charge < -0.3 is 19.2 Å². The second-order valence-electron chi connectivity index (χ2n) is 5.08. The molecule has 7 nitrogen and oxygen atoms in total. The average molecular weight is 342 g/mol. The maximum Gasteiger partial charge on any atom is 0.340 e. The highest BCUT2D eigenvalue weighted by Crippen LogP contribution is 2.40. The Morgan fingerprint density at radius 2 is 2.00 bits per heavy atom. The number of carbonyl (C=O) groups excluding carboxylic acids is 1. The van der Waals surface area contributed by atoms with E-state index in [-0.39, 0.29) is 23.3 Å². The van der Waals surface area contributed by atoms with Gasteiger partial charge in [0, 0.05) is 16.8 Å². The van der Waals surface area contributed by atoms with Gasteiger partial charge in [0.05, 0.1) is 26.4 Å². The zero-order valence-corrected chi connectivity index (χ0v) is 14.4. The third-order valence-corrected chi connectivity index (χ3v) is 3.67. The van der Waals surface area contributed by atoms with Crippen molar-refractivity contribution in [2.75, 3.05) is 20.8 Å². The van der Waals surface area contributed by atoms with Crippen LogP contribution in [-0.2, 0) is 4.74 Å². The van der Waals surface area contributed by atoms with Crippen molar-refractivity contribution in [3.8, 4) is 28.7 Å². The average Bonchev–Trinajstić information content (AvgIpc) is 2.60. The number of hydrogen-bond acceptors (Lipinski definition) is 6. The van der Waals surface area contributed by atoms with Crippen LogP contribution in [0, 0.1) is 18.3 Å². The van der Waals surface area contributed by atoms with E-state index < -0.39 is 11.5 Å². The summed E-state index contributed by atoms with van der Waals surface area (Å²) in [5.41, 5.74) is 0.202. The topological polar surface area (TPSA) is 101 Å². The van der Waals surface area contributed by atoms with Gasteiger partial charge >= 0.3 is 5.97 Å². The van der Waals surface area contributed by atoms with E-state index in [9.17, 15) is 14.9 Å². The Hall–Kier alpha value is -3.27. The van der Waals surface area contributed by atoms with Crippen LogP contribution in [0.1, 0.15) is 28.5 Å². The molecule has 0 aliphatic carbocycles. The van der Waals surface area contributed by atoms with E-state index in [0.717, 1.165) is 0 Å². The number of aromatic amines is 1. The number of ether oxygens (including phenoxy) is 3. The van der Waals surface area contributed by atoms with Gasteiger partial charge in [0.1, 0.15) is 11.6 Å². The fraction of sp³-hybridized carbons (Fsp3) is 0.278. The van der Waals surface area contributed by atoms with E-state index in [1.807, 2.05) is 6.07 Å². The number of esters is 1. The highest BCUT2D eigenvalue weighted by atomic mass is 16.5. The number of nitriles is 1. The molecule has 1 N–H and O–H groups in total. The number of carbonyl (C=O) groups is 1. The fourth-order valence-corrected chi connectivity index (χ4v) is 2.64. The van der Waals surface area contributed by atoms with Crippen LogP contribution in [0.4, 0.5) is 0 Å². The minimum Gasteiger partial charge on any atom is -0.493 e. The van der Waals surface area contributed by atoms with Gasteiger partial charge in [0.2, 0.25) is 0 Å². The summed E-state index contributed by atoms with van der Waals surface area (Å²) in [6.07, 6.45) is 0. The lowest BCUT2D eigenvalue weighted by Crippen LogP contribution is -2.20. The van der Waals surface area contributed by atoms with Gasteiger partial charge in [0.25, 0.3) is 5.56 Å². The molecular formula is C18H18N2O5. The molecule has 1 aromatic carbocycles. The van der Waals surface area contributed by atoms with Gasteiger partial charge in [-0.3, -0.25) is 4.79 Å². The Balaban J connectivity index is 2.96. The second-order valence-corrected chi connectivity index (χ2v) is 5.08. The molecule has 0 unspecified atom stereocenters. The van der Waals surface area contributed by atoms with Crippen molar-refractivity contribution in [2.24, 2.45) is 0 Å². The first-order chi connectivity index (χ1) is 12.0. The molecule has 0 aliphatic rings. The number of rotatable bonds is 5. The van der Waals surface area contributed by atoms with Crippen molar-refractivity contribution in [1.82, 2.24) is 4.98 Å². The number of nitrogens with one attached hydrogen (secondary N) is 1. The van der Waals surface area contributed by atoms with E-state index in [1.165, 1.54) is 14.2 Å². The van der Waals surface area contributed by atoms with E-state index in [4.69, 9.17) is 14.2 Å². The summed E-state index contributed by atoms with van der Waals surface area (Å²) in [6, 6.07) is 6.88. The third-order valence-electron chi connectivity index (χ3n) is 3.67. The molecule has 1 aromatic heterocycles. The van der Waals surface area contributed by atoms with Crippen LogP contribution in [0.15, 0.2) is 23.0 Å². The summed E-state index contributed by atoms with van der Waals surface area (Å²) in [5, 5.41) is 9.48. The van der Waals surface area contributed by atoms with Crippen molar-refractivity contribution in [3.05, 3.63) is 45.4 Å². The molecule has 130 valence electrons. The van der Waals surface area contributed by atoms with E-state index in [2.05, 4.69) is 4.98 Å². The lowest BCUT2D eigenvalue weighted by atomic mass is 9.93. The number of pyridine rings is 1. The number of nitrogens with zero attached hydrogens (tertiary/aromatic N) is 1. The number of hydrogen-bond donors (Lipinski definition) is 1. The van der Waals surface area contributed by atoms with Crippen molar-refractivity contribution in [1.29, 1.82) is 5.26 Å². The van der Waals surface area contributed by atoms with Crippen LogP contribution in [0.2, 0.25) is 0 Å². The number of H-pyrrole nitrogens is 1. The molecule has 0 bridgehead atoms. The molecule has 7 heteroatoms. The quantitative estimate of drug-likeness (QED) is 0.837.